The van der Waals surface area contributed by atoms with E-state index in [1.807, 2.05) is 0 Å². The van der Waals surface area contributed by atoms with Gasteiger partial charge in [-0.1, -0.05) is 54.6 Å². The summed E-state index contributed by atoms with van der Waals surface area (Å²) in [6.07, 6.45) is 4.43. The number of aryl methyl sites for hydroxylation is 2. The number of imidazole rings is 1. The van der Waals surface area contributed by atoms with Gasteiger partial charge in [-0.2, -0.15) is 4.57 Å². The van der Waals surface area contributed by atoms with E-state index in [2.05, 4.69) is 125 Å². The summed E-state index contributed by atoms with van der Waals surface area (Å²) in [5.74, 6) is 1.26. The van der Waals surface area contributed by atoms with Gasteiger partial charge < -0.3 is 4.57 Å². The van der Waals surface area contributed by atoms with Gasteiger partial charge >= 0.3 is 0 Å². The zero-order chi connectivity index (χ0) is 22.1. The van der Waals surface area contributed by atoms with Crippen LogP contribution < -0.4 is 4.57 Å². The molecule has 0 radical (unpaired) electrons. The molecule has 1 aliphatic heterocycles. The lowest BCUT2D eigenvalue weighted by molar-refractivity contribution is -0.671. The molecule has 158 valence electrons. The Morgan fingerprint density at radius 1 is 0.727 bits per heavy atom. The number of para-hydroxylation sites is 3. The van der Waals surface area contributed by atoms with Gasteiger partial charge in [-0.25, -0.2) is 4.57 Å². The van der Waals surface area contributed by atoms with E-state index in [1.165, 1.54) is 61.3 Å². The topological polar surface area (TPSA) is 13.7 Å². The van der Waals surface area contributed by atoms with Crippen molar-refractivity contribution in [1.82, 2.24) is 9.13 Å². The van der Waals surface area contributed by atoms with Crippen molar-refractivity contribution < 1.29 is 4.57 Å². The number of fused-ring (bicyclic) bond motifs is 6. The van der Waals surface area contributed by atoms with Crippen molar-refractivity contribution in [2.24, 2.45) is 0 Å². The molecule has 4 aromatic carbocycles. The van der Waals surface area contributed by atoms with Crippen LogP contribution in [0.25, 0.3) is 44.6 Å². The molecule has 6 aromatic rings. The first-order chi connectivity index (χ1) is 16.2. The average Bonchev–Trinajstić information content (AvgIpc) is 3.48. The van der Waals surface area contributed by atoms with Gasteiger partial charge in [-0.15, -0.1) is 0 Å². The van der Waals surface area contributed by atoms with Gasteiger partial charge in [0.2, 0.25) is 0 Å². The molecule has 0 bridgehead atoms. The second kappa shape index (κ2) is 6.69. The highest BCUT2D eigenvalue weighted by Crippen LogP contribution is 2.39. The van der Waals surface area contributed by atoms with Crippen molar-refractivity contribution in [2.45, 2.75) is 20.4 Å². The second-order valence-corrected chi connectivity index (χ2v) is 9.07. The normalized spacial score (nSPS) is 12.4. The molecule has 3 nitrogen and oxygen atoms in total. The molecule has 0 unspecified atom stereocenters. The number of hydrogen-bond donors (Lipinski definition) is 0. The molecule has 33 heavy (non-hydrogen) atoms. The Hall–Kier alpha value is -4.11. The SMILES string of the molecule is Cc1cccc(C)c1-n1cc[n+]2c1-c1cc3c4ccccc4n(-c4ccccc4)c3cc1C2. The average molecular weight is 427 g/mol. The van der Waals surface area contributed by atoms with E-state index in [0.29, 0.717) is 0 Å². The van der Waals surface area contributed by atoms with Crippen molar-refractivity contribution in [3.63, 3.8) is 0 Å². The first kappa shape index (κ1) is 18.5. The summed E-state index contributed by atoms with van der Waals surface area (Å²) in [4.78, 5) is 0. The van der Waals surface area contributed by atoms with Crippen molar-refractivity contribution in [1.29, 1.82) is 0 Å². The van der Waals surface area contributed by atoms with Crippen molar-refractivity contribution in [3.05, 3.63) is 114 Å². The van der Waals surface area contributed by atoms with Gasteiger partial charge in [-0.3, -0.25) is 0 Å². The summed E-state index contributed by atoms with van der Waals surface area (Å²) in [6, 6.07) is 30.8. The zero-order valence-corrected chi connectivity index (χ0v) is 18.8. The molecule has 2 aromatic heterocycles. The van der Waals surface area contributed by atoms with E-state index in [4.69, 9.17) is 0 Å². The summed E-state index contributed by atoms with van der Waals surface area (Å²) >= 11 is 0. The third kappa shape index (κ3) is 2.53. The van der Waals surface area contributed by atoms with E-state index < -0.39 is 0 Å². The van der Waals surface area contributed by atoms with E-state index in [-0.39, 0.29) is 0 Å². The molecular weight excluding hydrogens is 402 g/mol. The zero-order valence-electron chi connectivity index (χ0n) is 18.8. The molecular formula is C30H24N3+. The molecule has 0 N–H and O–H groups in total. The number of nitrogens with zero attached hydrogens (tertiary/aromatic N) is 3. The number of hydrogen-bond acceptors (Lipinski definition) is 0. The monoisotopic (exact) mass is 426 g/mol. The lowest BCUT2D eigenvalue weighted by Crippen LogP contribution is -2.30. The maximum Gasteiger partial charge on any atom is 0.294 e. The van der Waals surface area contributed by atoms with Crippen LogP contribution in [0, 0.1) is 13.8 Å². The van der Waals surface area contributed by atoms with E-state index in [1.54, 1.807) is 0 Å². The predicted molar refractivity (Wildman–Crippen MR) is 134 cm³/mol. The fraction of sp³-hybridized carbons (Fsp3) is 0.100. The van der Waals surface area contributed by atoms with Crippen LogP contribution in [0.5, 0.6) is 0 Å². The fourth-order valence-corrected chi connectivity index (χ4v) is 5.64. The molecule has 0 spiro atoms. The van der Waals surface area contributed by atoms with Crippen molar-refractivity contribution >= 4 is 21.8 Å². The molecule has 7 rings (SSSR count). The van der Waals surface area contributed by atoms with Crippen LogP contribution >= 0.6 is 0 Å². The summed E-state index contributed by atoms with van der Waals surface area (Å²) in [6.45, 7) is 5.30. The second-order valence-electron chi connectivity index (χ2n) is 9.07. The Kier molecular flexibility index (Phi) is 3.74. The van der Waals surface area contributed by atoms with Crippen LogP contribution in [0.1, 0.15) is 16.7 Å². The van der Waals surface area contributed by atoms with Gasteiger partial charge in [0, 0.05) is 22.0 Å². The van der Waals surface area contributed by atoms with Crippen LogP contribution in [-0.2, 0) is 6.54 Å². The Bertz CT molecular complexity index is 1680. The smallest absolute Gasteiger partial charge is 0.294 e. The quantitative estimate of drug-likeness (QED) is 0.280. The third-order valence-corrected chi connectivity index (χ3v) is 7.07. The molecule has 0 aliphatic carbocycles. The van der Waals surface area contributed by atoms with Gasteiger partial charge in [0.15, 0.2) is 0 Å². The molecule has 0 amide bonds. The molecule has 0 saturated carbocycles. The molecule has 3 heteroatoms. The van der Waals surface area contributed by atoms with Crippen LogP contribution in [0.15, 0.2) is 97.3 Å². The molecule has 1 aliphatic rings. The van der Waals surface area contributed by atoms with Gasteiger partial charge in [0.1, 0.15) is 24.6 Å². The molecule has 3 heterocycles. The highest BCUT2D eigenvalue weighted by molar-refractivity contribution is 6.10. The van der Waals surface area contributed by atoms with Crippen LogP contribution in [-0.4, -0.2) is 9.13 Å². The minimum atomic E-state index is 0.898. The number of aromatic nitrogens is 3. The van der Waals surface area contributed by atoms with E-state index in [0.717, 1.165) is 6.54 Å². The number of rotatable bonds is 2. The van der Waals surface area contributed by atoms with Gasteiger partial charge in [0.25, 0.3) is 5.82 Å². The van der Waals surface area contributed by atoms with Crippen molar-refractivity contribution in [3.8, 4) is 22.8 Å². The Morgan fingerprint density at radius 2 is 1.48 bits per heavy atom. The van der Waals surface area contributed by atoms with Gasteiger partial charge in [0.05, 0.1) is 16.6 Å². The molecule has 0 fully saturated rings. The highest BCUT2D eigenvalue weighted by Gasteiger charge is 2.32. The first-order valence-corrected chi connectivity index (χ1v) is 11.5. The maximum absolute atomic E-state index is 2.41. The first-order valence-electron chi connectivity index (χ1n) is 11.5. The summed E-state index contributed by atoms with van der Waals surface area (Å²) in [5, 5.41) is 2.60. The van der Waals surface area contributed by atoms with Gasteiger partial charge in [-0.05, 0) is 55.3 Å². The minimum absolute atomic E-state index is 0.898. The lowest BCUT2D eigenvalue weighted by Gasteiger charge is -2.09. The Morgan fingerprint density at radius 3 is 2.30 bits per heavy atom. The van der Waals surface area contributed by atoms with E-state index in [9.17, 15) is 0 Å². The Balaban J connectivity index is 1.54. The predicted octanol–water partition coefficient (Wildman–Crippen LogP) is 6.51. The van der Waals surface area contributed by atoms with Crippen molar-refractivity contribution in [2.75, 3.05) is 0 Å². The largest absolute Gasteiger partial charge is 0.309 e. The molecule has 0 atom stereocenters. The maximum atomic E-state index is 2.41. The lowest BCUT2D eigenvalue weighted by atomic mass is 10.0. The minimum Gasteiger partial charge on any atom is -0.309 e. The van der Waals surface area contributed by atoms with Crippen LogP contribution in [0.3, 0.4) is 0 Å². The highest BCUT2D eigenvalue weighted by atomic mass is 15.2. The van der Waals surface area contributed by atoms with Crippen LogP contribution in [0.4, 0.5) is 0 Å². The third-order valence-electron chi connectivity index (χ3n) is 7.07. The number of benzene rings is 4. The summed E-state index contributed by atoms with van der Waals surface area (Å²) in [7, 11) is 0. The standard InChI is InChI=1S/C30H24N3/c1-20-9-8-10-21(2)29(20)32-16-15-31-19-22-17-28-26(18-25(22)30(31)32)24-13-6-7-14-27(24)33(28)23-11-4-3-5-12-23/h3-18H,19H2,1-2H3/q+1. The van der Waals surface area contributed by atoms with E-state index >= 15 is 0 Å². The van der Waals surface area contributed by atoms with Crippen LogP contribution in [0.2, 0.25) is 0 Å². The summed E-state index contributed by atoms with van der Waals surface area (Å²) < 4.78 is 7.15. The Labute approximate surface area is 192 Å². The summed E-state index contributed by atoms with van der Waals surface area (Å²) in [5.41, 5.74) is 10.3. The molecule has 0 saturated heterocycles. The fourth-order valence-electron chi connectivity index (χ4n) is 5.64.